The standard InChI is InChI=1S/C15H25NOS/c1-14(2,3)18-11-10-16-15(4,12-17)13-8-6-5-7-9-13/h5-9,16-17H,10-12H2,1-4H3. The van der Waals surface area contributed by atoms with Crippen molar-refractivity contribution in [1.29, 1.82) is 0 Å². The Labute approximate surface area is 115 Å². The first-order chi connectivity index (χ1) is 8.37. The van der Waals surface area contributed by atoms with Crippen LogP contribution in [0.3, 0.4) is 0 Å². The quantitative estimate of drug-likeness (QED) is 0.777. The molecule has 0 aliphatic rings. The van der Waals surface area contributed by atoms with Crippen molar-refractivity contribution in [3.63, 3.8) is 0 Å². The Hall–Kier alpha value is -0.510. The number of benzene rings is 1. The van der Waals surface area contributed by atoms with Crippen molar-refractivity contribution in [2.75, 3.05) is 18.9 Å². The average molecular weight is 267 g/mol. The molecular formula is C15H25NOS. The molecule has 2 nitrogen and oxygen atoms in total. The Morgan fingerprint density at radius 1 is 1.11 bits per heavy atom. The monoisotopic (exact) mass is 267 g/mol. The van der Waals surface area contributed by atoms with Gasteiger partial charge in [-0.15, -0.1) is 0 Å². The van der Waals surface area contributed by atoms with E-state index in [1.165, 1.54) is 0 Å². The van der Waals surface area contributed by atoms with E-state index in [1.807, 2.05) is 36.9 Å². The normalized spacial score (nSPS) is 15.4. The summed E-state index contributed by atoms with van der Waals surface area (Å²) in [5, 5.41) is 13.1. The lowest BCUT2D eigenvalue weighted by atomic mass is 9.93. The summed E-state index contributed by atoms with van der Waals surface area (Å²) in [7, 11) is 0. The average Bonchev–Trinajstić information content (AvgIpc) is 2.34. The first-order valence-electron chi connectivity index (χ1n) is 6.43. The van der Waals surface area contributed by atoms with Gasteiger partial charge in [-0.1, -0.05) is 51.1 Å². The van der Waals surface area contributed by atoms with Gasteiger partial charge in [0.2, 0.25) is 0 Å². The summed E-state index contributed by atoms with van der Waals surface area (Å²) >= 11 is 1.94. The van der Waals surface area contributed by atoms with Crippen LogP contribution in [0, 0.1) is 0 Å². The lowest BCUT2D eigenvalue weighted by Gasteiger charge is -2.30. The number of aliphatic hydroxyl groups excluding tert-OH is 1. The Bertz CT molecular complexity index is 347. The molecule has 0 fully saturated rings. The Kier molecular flexibility index (Phi) is 5.70. The Morgan fingerprint density at radius 3 is 2.22 bits per heavy atom. The second-order valence-corrected chi connectivity index (χ2v) is 7.67. The molecule has 0 saturated carbocycles. The van der Waals surface area contributed by atoms with Crippen LogP contribution in [-0.2, 0) is 5.54 Å². The molecule has 0 saturated heterocycles. The molecule has 1 unspecified atom stereocenters. The molecule has 1 aromatic carbocycles. The third-order valence-corrected chi connectivity index (χ3v) is 4.15. The summed E-state index contributed by atoms with van der Waals surface area (Å²) in [6, 6.07) is 10.1. The number of nitrogens with one attached hydrogen (secondary N) is 1. The van der Waals surface area contributed by atoms with Crippen LogP contribution >= 0.6 is 11.8 Å². The van der Waals surface area contributed by atoms with Gasteiger partial charge in [0, 0.05) is 17.0 Å². The zero-order valence-corrected chi connectivity index (χ0v) is 12.7. The van der Waals surface area contributed by atoms with Gasteiger partial charge in [-0.2, -0.15) is 11.8 Å². The minimum atomic E-state index is -0.348. The van der Waals surface area contributed by atoms with Crippen LogP contribution in [0.1, 0.15) is 33.3 Å². The molecule has 0 aliphatic heterocycles. The number of thioether (sulfide) groups is 1. The van der Waals surface area contributed by atoms with E-state index in [9.17, 15) is 5.11 Å². The van der Waals surface area contributed by atoms with Crippen LogP contribution < -0.4 is 5.32 Å². The molecule has 0 aliphatic carbocycles. The SMILES string of the molecule is CC(C)(C)SCCNC(C)(CO)c1ccccc1. The summed E-state index contributed by atoms with van der Waals surface area (Å²) < 4.78 is 0.296. The predicted octanol–water partition coefficient (Wildman–Crippen LogP) is 3.02. The molecule has 3 heteroatoms. The molecular weight excluding hydrogens is 242 g/mol. The molecule has 0 radical (unpaired) electrons. The summed E-state index contributed by atoms with van der Waals surface area (Å²) in [6.45, 7) is 9.72. The highest BCUT2D eigenvalue weighted by Crippen LogP contribution is 2.23. The van der Waals surface area contributed by atoms with E-state index in [4.69, 9.17) is 0 Å². The van der Waals surface area contributed by atoms with Gasteiger partial charge in [0.1, 0.15) is 0 Å². The minimum absolute atomic E-state index is 0.108. The van der Waals surface area contributed by atoms with Crippen LogP contribution in [0.4, 0.5) is 0 Å². The van der Waals surface area contributed by atoms with Crippen molar-refractivity contribution in [2.45, 2.75) is 38.0 Å². The van der Waals surface area contributed by atoms with E-state index >= 15 is 0 Å². The topological polar surface area (TPSA) is 32.3 Å². The summed E-state index contributed by atoms with van der Waals surface area (Å²) in [6.07, 6.45) is 0. The number of hydrogen-bond donors (Lipinski definition) is 2. The van der Waals surface area contributed by atoms with E-state index in [0.717, 1.165) is 17.9 Å². The summed E-state index contributed by atoms with van der Waals surface area (Å²) in [4.78, 5) is 0. The van der Waals surface area contributed by atoms with Gasteiger partial charge in [0.15, 0.2) is 0 Å². The molecule has 1 atom stereocenters. The van der Waals surface area contributed by atoms with Gasteiger partial charge in [-0.3, -0.25) is 0 Å². The maximum atomic E-state index is 9.63. The van der Waals surface area contributed by atoms with Gasteiger partial charge in [0.25, 0.3) is 0 Å². The minimum Gasteiger partial charge on any atom is -0.394 e. The highest BCUT2D eigenvalue weighted by Gasteiger charge is 2.24. The van der Waals surface area contributed by atoms with Crippen molar-refractivity contribution in [1.82, 2.24) is 5.32 Å². The van der Waals surface area contributed by atoms with E-state index in [1.54, 1.807) is 0 Å². The van der Waals surface area contributed by atoms with Crippen molar-refractivity contribution >= 4 is 11.8 Å². The maximum Gasteiger partial charge on any atom is 0.0652 e. The van der Waals surface area contributed by atoms with E-state index < -0.39 is 0 Å². The molecule has 1 rings (SSSR count). The zero-order valence-electron chi connectivity index (χ0n) is 11.9. The lowest BCUT2D eigenvalue weighted by molar-refractivity contribution is 0.177. The third kappa shape index (κ3) is 5.01. The van der Waals surface area contributed by atoms with Crippen molar-refractivity contribution < 1.29 is 5.11 Å². The van der Waals surface area contributed by atoms with E-state index in [0.29, 0.717) is 4.75 Å². The molecule has 18 heavy (non-hydrogen) atoms. The number of aliphatic hydroxyl groups is 1. The van der Waals surface area contributed by atoms with E-state index in [-0.39, 0.29) is 12.1 Å². The fourth-order valence-corrected chi connectivity index (χ4v) is 2.56. The third-order valence-electron chi connectivity index (χ3n) is 2.88. The van der Waals surface area contributed by atoms with Crippen molar-refractivity contribution in [3.8, 4) is 0 Å². The molecule has 0 amide bonds. The van der Waals surface area contributed by atoms with Crippen LogP contribution in [0.15, 0.2) is 30.3 Å². The smallest absolute Gasteiger partial charge is 0.0652 e. The highest BCUT2D eigenvalue weighted by atomic mass is 32.2. The van der Waals surface area contributed by atoms with Gasteiger partial charge in [0.05, 0.1) is 12.1 Å². The van der Waals surface area contributed by atoms with E-state index in [2.05, 4.69) is 38.2 Å². The fourth-order valence-electron chi connectivity index (χ4n) is 1.74. The van der Waals surface area contributed by atoms with Crippen LogP contribution in [0.25, 0.3) is 0 Å². The first kappa shape index (κ1) is 15.5. The molecule has 0 bridgehead atoms. The number of rotatable bonds is 6. The lowest BCUT2D eigenvalue weighted by Crippen LogP contribution is -2.44. The molecule has 102 valence electrons. The predicted molar refractivity (Wildman–Crippen MR) is 81.1 cm³/mol. The van der Waals surface area contributed by atoms with Crippen molar-refractivity contribution in [3.05, 3.63) is 35.9 Å². The van der Waals surface area contributed by atoms with Gasteiger partial charge < -0.3 is 10.4 Å². The molecule has 0 heterocycles. The van der Waals surface area contributed by atoms with Gasteiger partial charge in [-0.05, 0) is 12.5 Å². The van der Waals surface area contributed by atoms with Crippen LogP contribution in [0.2, 0.25) is 0 Å². The maximum absolute atomic E-state index is 9.63. The summed E-state index contributed by atoms with van der Waals surface area (Å²) in [5.41, 5.74) is 0.785. The second-order valence-electron chi connectivity index (χ2n) is 5.74. The molecule has 0 aromatic heterocycles. The first-order valence-corrected chi connectivity index (χ1v) is 7.41. The van der Waals surface area contributed by atoms with Gasteiger partial charge in [-0.25, -0.2) is 0 Å². The molecule has 0 spiro atoms. The molecule has 2 N–H and O–H groups in total. The number of hydrogen-bond acceptors (Lipinski definition) is 3. The van der Waals surface area contributed by atoms with Gasteiger partial charge >= 0.3 is 0 Å². The second kappa shape index (κ2) is 6.60. The van der Waals surface area contributed by atoms with Crippen LogP contribution in [0.5, 0.6) is 0 Å². The zero-order chi connectivity index (χ0) is 13.6. The largest absolute Gasteiger partial charge is 0.394 e. The summed E-state index contributed by atoms with van der Waals surface area (Å²) in [5.74, 6) is 1.05. The Balaban J connectivity index is 2.52. The fraction of sp³-hybridized carbons (Fsp3) is 0.600. The Morgan fingerprint density at radius 2 is 1.72 bits per heavy atom. The van der Waals surface area contributed by atoms with Crippen LogP contribution in [-0.4, -0.2) is 28.8 Å². The van der Waals surface area contributed by atoms with Crippen molar-refractivity contribution in [2.24, 2.45) is 0 Å². The molecule has 1 aromatic rings. The highest BCUT2D eigenvalue weighted by molar-refractivity contribution is 8.00.